The number of nitrogen functional groups attached to an aromatic ring is 1. The number of anilines is 1. The molecule has 0 saturated heterocycles. The van der Waals surface area contributed by atoms with E-state index >= 15 is 0 Å². The number of hydrogen-bond donors (Lipinski definition) is 2. The van der Waals surface area contributed by atoms with Gasteiger partial charge in [0.05, 0.1) is 16.0 Å². The van der Waals surface area contributed by atoms with E-state index in [2.05, 4.69) is 4.72 Å². The second-order valence-electron chi connectivity index (χ2n) is 6.90. The van der Waals surface area contributed by atoms with E-state index in [4.69, 9.17) is 5.73 Å². The summed E-state index contributed by atoms with van der Waals surface area (Å²) < 4.78 is 28.5. The zero-order valence-corrected chi connectivity index (χ0v) is 16.8. The minimum atomic E-state index is -3.86. The van der Waals surface area contributed by atoms with Gasteiger partial charge in [-0.15, -0.1) is 12.4 Å². The van der Waals surface area contributed by atoms with Gasteiger partial charge in [-0.05, 0) is 60.7 Å². The van der Waals surface area contributed by atoms with Crippen LogP contribution in [-0.4, -0.2) is 32.2 Å². The van der Waals surface area contributed by atoms with Gasteiger partial charge in [-0.3, -0.25) is 14.5 Å². The molecule has 0 saturated carbocycles. The van der Waals surface area contributed by atoms with Crippen molar-refractivity contribution in [2.45, 2.75) is 30.2 Å². The van der Waals surface area contributed by atoms with Gasteiger partial charge in [-0.2, -0.15) is 0 Å². The smallest absolute Gasteiger partial charge is 0.261 e. The highest BCUT2D eigenvalue weighted by Gasteiger charge is 2.34. The maximum Gasteiger partial charge on any atom is 0.261 e. The fraction of sp³-hybridized carbons (Fsp3) is 0.263. The molecule has 0 radical (unpaired) electrons. The molecule has 0 bridgehead atoms. The Morgan fingerprint density at radius 1 is 1.07 bits per heavy atom. The molecule has 4 rings (SSSR count). The molecule has 1 aliphatic carbocycles. The Hall–Kier alpha value is -2.42. The number of rotatable bonds is 3. The van der Waals surface area contributed by atoms with Crippen LogP contribution in [0.5, 0.6) is 0 Å². The van der Waals surface area contributed by atoms with Crippen molar-refractivity contribution >= 4 is 39.9 Å². The monoisotopic (exact) mass is 421 g/mol. The average Bonchev–Trinajstić information content (AvgIpc) is 2.85. The van der Waals surface area contributed by atoms with E-state index in [1.165, 1.54) is 25.2 Å². The highest BCUT2D eigenvalue weighted by atomic mass is 35.5. The number of nitrogens with zero attached hydrogens (tertiary/aromatic N) is 1. The number of aryl methyl sites for hydroxylation is 1. The first-order chi connectivity index (χ1) is 12.8. The number of sulfonamides is 1. The second kappa shape index (κ2) is 7.20. The summed E-state index contributed by atoms with van der Waals surface area (Å²) in [5.41, 5.74) is 8.79. The van der Waals surface area contributed by atoms with Gasteiger partial charge in [-0.1, -0.05) is 6.07 Å². The Bertz CT molecular complexity index is 1080. The van der Waals surface area contributed by atoms with Crippen LogP contribution in [0.1, 0.15) is 50.7 Å². The Kier molecular flexibility index (Phi) is 5.22. The summed E-state index contributed by atoms with van der Waals surface area (Å²) in [6, 6.07) is 9.17. The van der Waals surface area contributed by atoms with Crippen LogP contribution in [-0.2, 0) is 16.4 Å². The van der Waals surface area contributed by atoms with Crippen molar-refractivity contribution in [3.05, 3.63) is 58.7 Å². The maximum atomic E-state index is 12.9. The van der Waals surface area contributed by atoms with E-state index in [-0.39, 0.29) is 34.5 Å². The molecule has 1 aliphatic heterocycles. The molecule has 7 nitrogen and oxygen atoms in total. The van der Waals surface area contributed by atoms with Crippen LogP contribution in [0.2, 0.25) is 0 Å². The van der Waals surface area contributed by atoms with Crippen molar-refractivity contribution < 1.29 is 18.0 Å². The number of carbonyl (C=O) groups is 2. The molecule has 0 spiro atoms. The zero-order chi connectivity index (χ0) is 19.3. The molecule has 9 heteroatoms. The van der Waals surface area contributed by atoms with E-state index < -0.39 is 21.8 Å². The number of fused-ring (bicyclic) bond motifs is 2. The van der Waals surface area contributed by atoms with Crippen LogP contribution in [0.4, 0.5) is 5.69 Å². The highest BCUT2D eigenvalue weighted by Crippen LogP contribution is 2.33. The first-order valence-electron chi connectivity index (χ1n) is 8.65. The zero-order valence-electron chi connectivity index (χ0n) is 15.1. The predicted octanol–water partition coefficient (Wildman–Crippen LogP) is 2.27. The number of nitrogens with one attached hydrogen (secondary N) is 1. The van der Waals surface area contributed by atoms with Gasteiger partial charge in [0.1, 0.15) is 0 Å². The predicted molar refractivity (Wildman–Crippen MR) is 107 cm³/mol. The number of nitrogens with two attached hydrogens (primary N) is 1. The average molecular weight is 422 g/mol. The second-order valence-corrected chi connectivity index (χ2v) is 8.62. The lowest BCUT2D eigenvalue weighted by Gasteiger charge is -2.26. The van der Waals surface area contributed by atoms with E-state index in [1.807, 2.05) is 12.1 Å². The quantitative estimate of drug-likeness (QED) is 0.583. The summed E-state index contributed by atoms with van der Waals surface area (Å²) in [5, 5.41) is 0. The van der Waals surface area contributed by atoms with Crippen LogP contribution in [0, 0.1) is 0 Å². The van der Waals surface area contributed by atoms with E-state index in [0.717, 1.165) is 28.9 Å². The van der Waals surface area contributed by atoms with Crippen molar-refractivity contribution in [1.29, 1.82) is 0 Å². The van der Waals surface area contributed by atoms with Gasteiger partial charge >= 0.3 is 0 Å². The molecule has 2 aromatic rings. The van der Waals surface area contributed by atoms with Gasteiger partial charge in [0.25, 0.3) is 11.8 Å². The first-order valence-corrected chi connectivity index (χ1v) is 10.1. The van der Waals surface area contributed by atoms with Gasteiger partial charge in [0, 0.05) is 18.8 Å². The van der Waals surface area contributed by atoms with E-state index in [0.29, 0.717) is 12.1 Å². The molecule has 2 aliphatic rings. The summed E-state index contributed by atoms with van der Waals surface area (Å²) in [5.74, 6) is -0.920. The Labute approximate surface area is 169 Å². The lowest BCUT2D eigenvalue weighted by atomic mass is 9.88. The number of halogens is 1. The molecule has 1 atom stereocenters. The van der Waals surface area contributed by atoms with Gasteiger partial charge in [-0.25, -0.2) is 13.1 Å². The topological polar surface area (TPSA) is 110 Å². The molecule has 0 fully saturated rings. The Morgan fingerprint density at radius 3 is 2.54 bits per heavy atom. The summed E-state index contributed by atoms with van der Waals surface area (Å²) in [6.07, 6.45) is 2.40. The summed E-state index contributed by atoms with van der Waals surface area (Å²) in [7, 11) is -2.48. The summed E-state index contributed by atoms with van der Waals surface area (Å²) >= 11 is 0. The third kappa shape index (κ3) is 3.28. The van der Waals surface area contributed by atoms with Gasteiger partial charge in [0.2, 0.25) is 10.0 Å². The third-order valence-corrected chi connectivity index (χ3v) is 6.62. The highest BCUT2D eigenvalue weighted by molar-refractivity contribution is 7.89. The normalized spacial score (nSPS) is 18.5. The number of carbonyl (C=O) groups excluding carboxylic acids is 2. The fourth-order valence-electron chi connectivity index (χ4n) is 3.72. The van der Waals surface area contributed by atoms with E-state index in [1.54, 1.807) is 6.07 Å². The fourth-order valence-corrected chi connectivity index (χ4v) is 5.00. The first kappa shape index (κ1) is 20.3. The molecule has 2 amide bonds. The van der Waals surface area contributed by atoms with Crippen molar-refractivity contribution in [2.75, 3.05) is 12.8 Å². The summed E-state index contributed by atoms with van der Waals surface area (Å²) in [6.45, 7) is 0. The molecular formula is C19H20ClN3O4S. The third-order valence-electron chi connectivity index (χ3n) is 5.15. The van der Waals surface area contributed by atoms with E-state index in [9.17, 15) is 18.0 Å². The number of benzene rings is 2. The lowest BCUT2D eigenvalue weighted by molar-refractivity contribution is 0.0693. The van der Waals surface area contributed by atoms with Crippen LogP contribution >= 0.6 is 12.4 Å². The van der Waals surface area contributed by atoms with Crippen molar-refractivity contribution in [3.63, 3.8) is 0 Å². The Morgan fingerprint density at radius 2 is 1.79 bits per heavy atom. The molecule has 148 valence electrons. The van der Waals surface area contributed by atoms with Crippen molar-refractivity contribution in [2.24, 2.45) is 0 Å². The minimum absolute atomic E-state index is 0. The standard InChI is InChI=1S/C19H19N3O4S.ClH/c1-22-18(23)15-8-6-13(10-16(15)19(22)24)27(25,26)21-17-4-2-3-11-9-12(20)5-7-14(11)17;/h5-10,17,21H,2-4,20H2,1H3;1H. The van der Waals surface area contributed by atoms with Gasteiger partial charge in [0.15, 0.2) is 0 Å². The minimum Gasteiger partial charge on any atom is -0.399 e. The number of amides is 2. The number of imide groups is 1. The van der Waals surface area contributed by atoms with Crippen LogP contribution < -0.4 is 10.5 Å². The molecular weight excluding hydrogens is 402 g/mol. The van der Waals surface area contributed by atoms with Crippen LogP contribution in [0.15, 0.2) is 41.3 Å². The van der Waals surface area contributed by atoms with Crippen LogP contribution in [0.3, 0.4) is 0 Å². The Balaban J connectivity index is 0.00000225. The van der Waals surface area contributed by atoms with Gasteiger partial charge < -0.3 is 5.73 Å². The summed E-state index contributed by atoms with van der Waals surface area (Å²) in [4.78, 5) is 25.1. The molecule has 1 unspecified atom stereocenters. The molecule has 28 heavy (non-hydrogen) atoms. The van der Waals surface area contributed by atoms with Crippen molar-refractivity contribution in [3.8, 4) is 0 Å². The van der Waals surface area contributed by atoms with Crippen molar-refractivity contribution in [1.82, 2.24) is 9.62 Å². The molecule has 1 heterocycles. The SMILES string of the molecule is CN1C(=O)c2ccc(S(=O)(=O)NC3CCCc4cc(N)ccc43)cc2C1=O.Cl. The van der Waals surface area contributed by atoms with Crippen LogP contribution in [0.25, 0.3) is 0 Å². The number of hydrogen-bond acceptors (Lipinski definition) is 5. The molecule has 0 aromatic heterocycles. The lowest BCUT2D eigenvalue weighted by Crippen LogP contribution is -2.31. The largest absolute Gasteiger partial charge is 0.399 e. The molecule has 2 aromatic carbocycles. The maximum absolute atomic E-state index is 12.9. The molecule has 3 N–H and O–H groups in total.